The quantitative estimate of drug-likeness (QED) is 0.688. The molecule has 1 aromatic carbocycles. The Morgan fingerprint density at radius 1 is 1.25 bits per heavy atom. The Balaban J connectivity index is 0.000000451. The number of aliphatic carboxylic acids is 1. The van der Waals surface area contributed by atoms with Gasteiger partial charge in [-0.1, -0.05) is 30.3 Å². The molecule has 0 bridgehead atoms. The monoisotopic (exact) mass is 456 g/mol. The molecule has 0 aliphatic carbocycles. The minimum absolute atomic E-state index is 0.0115. The van der Waals surface area contributed by atoms with E-state index < -0.39 is 12.1 Å². The van der Waals surface area contributed by atoms with E-state index in [1.54, 1.807) is 19.0 Å². The van der Waals surface area contributed by atoms with Crippen LogP contribution in [0.4, 0.5) is 13.2 Å². The molecule has 2 heterocycles. The molecule has 1 aromatic heterocycles. The zero-order valence-corrected chi connectivity index (χ0v) is 18.0. The second kappa shape index (κ2) is 11.6. The first-order valence-electron chi connectivity index (χ1n) is 9.93. The highest BCUT2D eigenvalue weighted by molar-refractivity contribution is 5.76. The highest BCUT2D eigenvalue weighted by Gasteiger charge is 2.38. The lowest BCUT2D eigenvalue weighted by atomic mass is 10.1. The predicted molar refractivity (Wildman–Crippen MR) is 110 cm³/mol. The SMILES string of the molecule is CN(C)C(=O)COCC1CN(CCc2ccccc2)Cc2cncn21.O=C(O)C(F)(F)F. The van der Waals surface area contributed by atoms with Crippen LogP contribution >= 0.6 is 0 Å². The van der Waals surface area contributed by atoms with Gasteiger partial charge in [0.05, 0.1) is 24.7 Å². The van der Waals surface area contributed by atoms with E-state index in [0.29, 0.717) is 6.61 Å². The van der Waals surface area contributed by atoms with Gasteiger partial charge < -0.3 is 19.3 Å². The second-order valence-corrected chi connectivity index (χ2v) is 7.52. The molecule has 0 radical (unpaired) electrons. The topological polar surface area (TPSA) is 87.9 Å². The molecule has 1 aliphatic heterocycles. The van der Waals surface area contributed by atoms with Crippen molar-refractivity contribution in [1.82, 2.24) is 19.4 Å². The van der Waals surface area contributed by atoms with Crippen molar-refractivity contribution in [1.29, 1.82) is 0 Å². The molecule has 8 nitrogen and oxygen atoms in total. The number of carbonyl (C=O) groups is 2. The number of hydrogen-bond donors (Lipinski definition) is 1. The fourth-order valence-electron chi connectivity index (χ4n) is 3.11. The van der Waals surface area contributed by atoms with Crippen LogP contribution in [0.15, 0.2) is 42.9 Å². The van der Waals surface area contributed by atoms with Gasteiger partial charge in [-0.05, 0) is 12.0 Å². The lowest BCUT2D eigenvalue weighted by molar-refractivity contribution is -0.192. The first-order valence-corrected chi connectivity index (χ1v) is 9.93. The van der Waals surface area contributed by atoms with Gasteiger partial charge in [-0.15, -0.1) is 0 Å². The predicted octanol–water partition coefficient (Wildman–Crippen LogP) is 2.22. The molecule has 11 heteroatoms. The van der Waals surface area contributed by atoms with Gasteiger partial charge in [-0.2, -0.15) is 13.2 Å². The van der Waals surface area contributed by atoms with Crippen molar-refractivity contribution < 1.29 is 32.6 Å². The number of nitrogens with zero attached hydrogens (tertiary/aromatic N) is 4. The van der Waals surface area contributed by atoms with Gasteiger partial charge in [-0.25, -0.2) is 9.78 Å². The van der Waals surface area contributed by atoms with Crippen LogP contribution in [0.2, 0.25) is 0 Å². The van der Waals surface area contributed by atoms with E-state index in [9.17, 15) is 18.0 Å². The number of ether oxygens (including phenoxy) is 1. The number of likely N-dealkylation sites (N-methyl/N-ethyl adjacent to an activating group) is 1. The third kappa shape index (κ3) is 7.97. The highest BCUT2D eigenvalue weighted by atomic mass is 19.4. The number of carbonyl (C=O) groups excluding carboxylic acids is 1. The van der Waals surface area contributed by atoms with Crippen LogP contribution in [0, 0.1) is 0 Å². The summed E-state index contributed by atoms with van der Waals surface area (Å²) in [5.74, 6) is -2.77. The van der Waals surface area contributed by atoms with E-state index in [1.807, 2.05) is 18.6 Å². The van der Waals surface area contributed by atoms with Crippen LogP contribution in [-0.2, 0) is 27.3 Å². The van der Waals surface area contributed by atoms with E-state index >= 15 is 0 Å². The van der Waals surface area contributed by atoms with Gasteiger partial charge >= 0.3 is 12.1 Å². The number of fused-ring (bicyclic) bond motifs is 1. The Labute approximate surface area is 184 Å². The smallest absolute Gasteiger partial charge is 0.475 e. The van der Waals surface area contributed by atoms with Crippen molar-refractivity contribution in [2.45, 2.75) is 25.2 Å². The third-order valence-electron chi connectivity index (χ3n) is 4.83. The molecular formula is C21H27F3N4O4. The number of benzene rings is 1. The molecule has 176 valence electrons. The first-order chi connectivity index (χ1) is 15.1. The fourth-order valence-corrected chi connectivity index (χ4v) is 3.11. The summed E-state index contributed by atoms with van der Waals surface area (Å²) in [6.07, 6.45) is -0.264. The van der Waals surface area contributed by atoms with Crippen LogP contribution in [-0.4, -0.2) is 82.9 Å². The molecule has 0 saturated carbocycles. The fraction of sp³-hybridized carbons (Fsp3) is 0.476. The zero-order valence-electron chi connectivity index (χ0n) is 18.0. The average molecular weight is 456 g/mol. The summed E-state index contributed by atoms with van der Waals surface area (Å²) in [5, 5.41) is 7.12. The molecule has 1 atom stereocenters. The zero-order chi connectivity index (χ0) is 23.7. The normalized spacial score (nSPS) is 16.0. The maximum atomic E-state index is 11.7. The highest BCUT2D eigenvalue weighted by Crippen LogP contribution is 2.21. The van der Waals surface area contributed by atoms with Crippen LogP contribution in [0.5, 0.6) is 0 Å². The number of rotatable bonds is 7. The first kappa shape index (κ1) is 25.3. The molecule has 3 rings (SSSR count). The maximum absolute atomic E-state index is 11.7. The number of hydrogen-bond acceptors (Lipinski definition) is 5. The summed E-state index contributed by atoms with van der Waals surface area (Å²) in [6.45, 7) is 3.46. The Bertz CT molecular complexity index is 871. The lowest BCUT2D eigenvalue weighted by Crippen LogP contribution is -2.40. The van der Waals surface area contributed by atoms with Crippen LogP contribution < -0.4 is 0 Å². The number of imidazole rings is 1. The number of halogens is 3. The van der Waals surface area contributed by atoms with Gasteiger partial charge in [0.2, 0.25) is 5.91 Å². The number of carboxylic acid groups (broad SMARTS) is 1. The van der Waals surface area contributed by atoms with Crippen LogP contribution in [0.3, 0.4) is 0 Å². The molecule has 1 N–H and O–H groups in total. The van der Waals surface area contributed by atoms with Gasteiger partial charge in [0.1, 0.15) is 6.61 Å². The van der Waals surface area contributed by atoms with Crippen molar-refractivity contribution in [3.63, 3.8) is 0 Å². The summed E-state index contributed by atoms with van der Waals surface area (Å²) in [6, 6.07) is 10.7. The molecular weight excluding hydrogens is 429 g/mol. The third-order valence-corrected chi connectivity index (χ3v) is 4.83. The molecule has 32 heavy (non-hydrogen) atoms. The minimum atomic E-state index is -5.08. The van der Waals surface area contributed by atoms with Crippen LogP contribution in [0.1, 0.15) is 17.3 Å². The number of alkyl halides is 3. The molecule has 1 unspecified atom stereocenters. The molecule has 0 saturated heterocycles. The summed E-state index contributed by atoms with van der Waals surface area (Å²) in [4.78, 5) is 28.8. The second-order valence-electron chi connectivity index (χ2n) is 7.52. The average Bonchev–Trinajstić information content (AvgIpc) is 3.21. The van der Waals surface area contributed by atoms with E-state index in [1.165, 1.54) is 11.3 Å². The Morgan fingerprint density at radius 3 is 2.50 bits per heavy atom. The molecule has 0 fully saturated rings. The van der Waals surface area contributed by atoms with Crippen molar-refractivity contribution in [3.8, 4) is 0 Å². The summed E-state index contributed by atoms with van der Waals surface area (Å²) >= 11 is 0. The van der Waals surface area contributed by atoms with Crippen molar-refractivity contribution in [2.24, 2.45) is 0 Å². The molecule has 0 spiro atoms. The number of carboxylic acids is 1. The largest absolute Gasteiger partial charge is 0.490 e. The number of aromatic nitrogens is 2. The molecule has 2 aromatic rings. The summed E-state index contributed by atoms with van der Waals surface area (Å²) < 4.78 is 39.6. The molecule has 1 aliphatic rings. The van der Waals surface area contributed by atoms with E-state index in [4.69, 9.17) is 14.6 Å². The van der Waals surface area contributed by atoms with Crippen molar-refractivity contribution in [2.75, 3.05) is 40.4 Å². The van der Waals surface area contributed by atoms with Gasteiger partial charge in [0.15, 0.2) is 0 Å². The Kier molecular flexibility index (Phi) is 9.21. The summed E-state index contributed by atoms with van der Waals surface area (Å²) in [7, 11) is 3.48. The van der Waals surface area contributed by atoms with E-state index in [-0.39, 0.29) is 18.6 Å². The van der Waals surface area contributed by atoms with Gasteiger partial charge in [-0.3, -0.25) is 9.69 Å². The molecule has 1 amide bonds. The van der Waals surface area contributed by atoms with Crippen LogP contribution in [0.25, 0.3) is 0 Å². The van der Waals surface area contributed by atoms with E-state index in [0.717, 1.165) is 26.1 Å². The van der Waals surface area contributed by atoms with Crippen molar-refractivity contribution >= 4 is 11.9 Å². The number of amides is 1. The van der Waals surface area contributed by atoms with Crippen molar-refractivity contribution in [3.05, 3.63) is 54.1 Å². The Hall–Kier alpha value is -2.92. The Morgan fingerprint density at radius 2 is 1.91 bits per heavy atom. The van der Waals surface area contributed by atoms with Gasteiger partial charge in [0.25, 0.3) is 0 Å². The standard InChI is InChI=1S/C19H26N4O2.C2HF3O2/c1-21(2)19(24)14-25-13-18-12-22(11-17-10-20-15-23(17)18)9-8-16-6-4-3-5-7-16;3-2(4,5)1(6)7/h3-7,10,15,18H,8-9,11-14H2,1-2H3;(H,6,7). The van der Waals surface area contributed by atoms with E-state index in [2.05, 4.69) is 38.7 Å². The maximum Gasteiger partial charge on any atom is 0.490 e. The van der Waals surface area contributed by atoms with Gasteiger partial charge in [0, 0.05) is 39.9 Å². The summed E-state index contributed by atoms with van der Waals surface area (Å²) in [5.41, 5.74) is 2.55. The lowest BCUT2D eigenvalue weighted by Gasteiger charge is -2.34. The minimum Gasteiger partial charge on any atom is -0.475 e.